The maximum absolute atomic E-state index is 12.5. The minimum Gasteiger partial charge on any atom is -0.390 e. The van der Waals surface area contributed by atoms with E-state index in [2.05, 4.69) is 15.4 Å². The molecule has 0 aromatic carbocycles. The van der Waals surface area contributed by atoms with Crippen molar-refractivity contribution in [3.8, 4) is 0 Å². The molecule has 26 heavy (non-hydrogen) atoms. The third kappa shape index (κ3) is 4.43. The number of aliphatic hydroxyl groups excluding tert-OH is 1. The van der Waals surface area contributed by atoms with Crippen molar-refractivity contribution in [2.24, 2.45) is 5.92 Å². The average molecular weight is 377 g/mol. The molecule has 0 saturated heterocycles. The van der Waals surface area contributed by atoms with E-state index < -0.39 is 0 Å². The molecule has 140 valence electrons. The summed E-state index contributed by atoms with van der Waals surface area (Å²) in [6.07, 6.45) is 5.56. The standard InChI is InChI=1S/C19H25ClN4O2/c1-12-7-17(11-25)23-24(12)10-14-3-5-16(6-4-14)22-19(26)18-8-15(20)9-21-13(18)2/h7-9,14,16,25H,3-6,10-11H2,1-2H3,(H,22,26)/t14-,16-. The molecule has 1 saturated carbocycles. The van der Waals surface area contributed by atoms with Crippen LogP contribution in [-0.4, -0.2) is 31.8 Å². The Morgan fingerprint density at radius 1 is 1.31 bits per heavy atom. The molecule has 7 heteroatoms. The molecule has 0 aliphatic heterocycles. The zero-order valence-electron chi connectivity index (χ0n) is 15.2. The molecule has 1 amide bonds. The SMILES string of the molecule is Cc1ncc(Cl)cc1C(=O)N[C@H]1CC[C@H](Cn2nc(CO)cc2C)CC1. The summed E-state index contributed by atoms with van der Waals surface area (Å²) in [6, 6.07) is 3.78. The summed E-state index contributed by atoms with van der Waals surface area (Å²) in [4.78, 5) is 16.6. The molecular formula is C19H25ClN4O2. The normalized spacial score (nSPS) is 20.2. The van der Waals surface area contributed by atoms with Crippen molar-refractivity contribution in [2.75, 3.05) is 0 Å². The number of aliphatic hydroxyl groups is 1. The molecule has 0 radical (unpaired) electrons. The molecule has 0 atom stereocenters. The van der Waals surface area contributed by atoms with Crippen molar-refractivity contribution in [1.82, 2.24) is 20.1 Å². The summed E-state index contributed by atoms with van der Waals surface area (Å²) >= 11 is 5.96. The second kappa shape index (κ2) is 8.18. The Labute approximate surface area is 158 Å². The van der Waals surface area contributed by atoms with Gasteiger partial charge in [0, 0.05) is 24.5 Å². The van der Waals surface area contributed by atoms with Crippen LogP contribution in [-0.2, 0) is 13.2 Å². The van der Waals surface area contributed by atoms with Gasteiger partial charge in [-0.15, -0.1) is 0 Å². The van der Waals surface area contributed by atoms with Crippen LogP contribution in [0.1, 0.15) is 53.1 Å². The van der Waals surface area contributed by atoms with Gasteiger partial charge in [-0.3, -0.25) is 14.5 Å². The highest BCUT2D eigenvalue weighted by Crippen LogP contribution is 2.26. The van der Waals surface area contributed by atoms with Gasteiger partial charge < -0.3 is 10.4 Å². The Morgan fingerprint density at radius 2 is 2.04 bits per heavy atom. The van der Waals surface area contributed by atoms with Crippen molar-refractivity contribution in [1.29, 1.82) is 0 Å². The van der Waals surface area contributed by atoms with E-state index in [-0.39, 0.29) is 18.6 Å². The van der Waals surface area contributed by atoms with E-state index in [0.29, 0.717) is 27.9 Å². The predicted octanol–water partition coefficient (Wildman–Crippen LogP) is 3.03. The topological polar surface area (TPSA) is 80.0 Å². The van der Waals surface area contributed by atoms with Gasteiger partial charge in [0.15, 0.2) is 0 Å². The first kappa shape index (κ1) is 18.9. The number of aryl methyl sites for hydroxylation is 2. The fourth-order valence-corrected chi connectivity index (χ4v) is 3.73. The zero-order valence-corrected chi connectivity index (χ0v) is 16.0. The molecule has 2 heterocycles. The van der Waals surface area contributed by atoms with Gasteiger partial charge in [0.25, 0.3) is 5.91 Å². The van der Waals surface area contributed by atoms with E-state index in [1.807, 2.05) is 24.6 Å². The number of halogens is 1. The molecule has 2 aromatic heterocycles. The number of amides is 1. The highest BCUT2D eigenvalue weighted by atomic mass is 35.5. The summed E-state index contributed by atoms with van der Waals surface area (Å²) in [7, 11) is 0. The maximum Gasteiger partial charge on any atom is 0.253 e. The van der Waals surface area contributed by atoms with Crippen LogP contribution in [0, 0.1) is 19.8 Å². The largest absolute Gasteiger partial charge is 0.390 e. The molecule has 2 N–H and O–H groups in total. The summed E-state index contributed by atoms with van der Waals surface area (Å²) < 4.78 is 1.98. The lowest BCUT2D eigenvalue weighted by Crippen LogP contribution is -2.38. The lowest BCUT2D eigenvalue weighted by molar-refractivity contribution is 0.0919. The summed E-state index contributed by atoms with van der Waals surface area (Å²) in [5.74, 6) is 0.444. The number of carbonyl (C=O) groups is 1. The summed E-state index contributed by atoms with van der Waals surface area (Å²) in [6.45, 7) is 4.67. The third-order valence-corrected chi connectivity index (χ3v) is 5.31. The monoisotopic (exact) mass is 376 g/mol. The van der Waals surface area contributed by atoms with Crippen molar-refractivity contribution in [2.45, 2.75) is 58.7 Å². The lowest BCUT2D eigenvalue weighted by atomic mass is 9.86. The number of nitrogens with one attached hydrogen (secondary N) is 1. The summed E-state index contributed by atoms with van der Waals surface area (Å²) in [5, 5.41) is 17.2. The smallest absolute Gasteiger partial charge is 0.253 e. The Hall–Kier alpha value is -1.92. The van der Waals surface area contributed by atoms with Crippen LogP contribution in [0.2, 0.25) is 5.02 Å². The van der Waals surface area contributed by atoms with Crippen molar-refractivity contribution >= 4 is 17.5 Å². The fourth-order valence-electron chi connectivity index (χ4n) is 3.58. The number of nitrogens with zero attached hydrogens (tertiary/aromatic N) is 3. The van der Waals surface area contributed by atoms with Crippen LogP contribution in [0.4, 0.5) is 0 Å². The van der Waals surface area contributed by atoms with E-state index in [0.717, 1.165) is 37.9 Å². The van der Waals surface area contributed by atoms with Crippen molar-refractivity contribution in [3.63, 3.8) is 0 Å². The van der Waals surface area contributed by atoms with E-state index in [1.54, 1.807) is 12.3 Å². The van der Waals surface area contributed by atoms with Crippen LogP contribution in [0.3, 0.4) is 0 Å². The Kier molecular flexibility index (Phi) is 5.94. The molecule has 1 fully saturated rings. The van der Waals surface area contributed by atoms with Crippen LogP contribution >= 0.6 is 11.6 Å². The molecule has 1 aliphatic carbocycles. The number of carbonyl (C=O) groups excluding carboxylic acids is 1. The van der Waals surface area contributed by atoms with Gasteiger partial charge in [0.05, 0.1) is 28.6 Å². The van der Waals surface area contributed by atoms with E-state index >= 15 is 0 Å². The molecule has 1 aliphatic rings. The van der Waals surface area contributed by atoms with Gasteiger partial charge in [0.2, 0.25) is 0 Å². The quantitative estimate of drug-likeness (QED) is 0.840. The molecule has 0 unspecified atom stereocenters. The van der Waals surface area contributed by atoms with Gasteiger partial charge in [-0.1, -0.05) is 11.6 Å². The molecule has 2 aromatic rings. The minimum atomic E-state index is -0.101. The third-order valence-electron chi connectivity index (χ3n) is 5.11. The number of hydrogen-bond donors (Lipinski definition) is 2. The summed E-state index contributed by atoms with van der Waals surface area (Å²) in [5.41, 5.74) is 3.03. The fraction of sp³-hybridized carbons (Fsp3) is 0.526. The predicted molar refractivity (Wildman–Crippen MR) is 100 cm³/mol. The minimum absolute atomic E-state index is 0.0234. The highest BCUT2D eigenvalue weighted by Gasteiger charge is 2.24. The highest BCUT2D eigenvalue weighted by molar-refractivity contribution is 6.30. The van der Waals surface area contributed by atoms with Crippen LogP contribution in [0.25, 0.3) is 0 Å². The average Bonchev–Trinajstić information content (AvgIpc) is 2.98. The van der Waals surface area contributed by atoms with E-state index in [9.17, 15) is 9.90 Å². The number of aromatic nitrogens is 3. The van der Waals surface area contributed by atoms with Crippen molar-refractivity contribution in [3.05, 3.63) is 46.0 Å². The first-order valence-electron chi connectivity index (χ1n) is 9.03. The first-order chi connectivity index (χ1) is 12.5. The van der Waals surface area contributed by atoms with Crippen LogP contribution in [0.15, 0.2) is 18.3 Å². The molecule has 3 rings (SSSR count). The number of rotatable bonds is 5. The Bertz CT molecular complexity index is 782. The Balaban J connectivity index is 1.52. The second-order valence-electron chi connectivity index (χ2n) is 7.09. The van der Waals surface area contributed by atoms with E-state index in [1.165, 1.54) is 0 Å². The lowest BCUT2D eigenvalue weighted by Gasteiger charge is -2.29. The first-order valence-corrected chi connectivity index (χ1v) is 9.41. The second-order valence-corrected chi connectivity index (χ2v) is 7.53. The van der Waals surface area contributed by atoms with Gasteiger partial charge >= 0.3 is 0 Å². The maximum atomic E-state index is 12.5. The van der Waals surface area contributed by atoms with Gasteiger partial charge in [-0.05, 0) is 57.6 Å². The van der Waals surface area contributed by atoms with Gasteiger partial charge in [0.1, 0.15) is 0 Å². The Morgan fingerprint density at radius 3 is 2.69 bits per heavy atom. The number of pyridine rings is 1. The zero-order chi connectivity index (χ0) is 18.7. The molecule has 6 nitrogen and oxygen atoms in total. The van der Waals surface area contributed by atoms with Gasteiger partial charge in [-0.2, -0.15) is 5.10 Å². The van der Waals surface area contributed by atoms with E-state index in [4.69, 9.17) is 11.6 Å². The van der Waals surface area contributed by atoms with Crippen molar-refractivity contribution < 1.29 is 9.90 Å². The molecule has 0 bridgehead atoms. The molecule has 0 spiro atoms. The van der Waals surface area contributed by atoms with Crippen LogP contribution in [0.5, 0.6) is 0 Å². The molecular weight excluding hydrogens is 352 g/mol. The van der Waals surface area contributed by atoms with Gasteiger partial charge in [-0.25, -0.2) is 0 Å². The van der Waals surface area contributed by atoms with Crippen LogP contribution < -0.4 is 5.32 Å². The number of hydrogen-bond acceptors (Lipinski definition) is 4.